The fourth-order valence-electron chi connectivity index (χ4n) is 3.82. The summed E-state index contributed by atoms with van der Waals surface area (Å²) in [5, 5.41) is 7.20. The summed E-state index contributed by atoms with van der Waals surface area (Å²) < 4.78 is 29.2. The van der Waals surface area contributed by atoms with Gasteiger partial charge in [-0.1, -0.05) is 12.1 Å². The number of nitrogens with zero attached hydrogens (tertiary/aromatic N) is 3. The van der Waals surface area contributed by atoms with Gasteiger partial charge in [0.05, 0.1) is 27.5 Å². The Morgan fingerprint density at radius 2 is 2.10 bits per heavy atom. The number of aromatic nitrogens is 3. The molecule has 1 saturated carbocycles. The number of benzene rings is 1. The van der Waals surface area contributed by atoms with E-state index < -0.39 is 18.4 Å². The maximum absolute atomic E-state index is 14.0. The SMILES string of the molecule is Cc1nc2ccc(C3=C[C@@H](C)NCc4nc(NCC(F)(F)C5CC5)ncc43)cc2s1. The van der Waals surface area contributed by atoms with Crippen LogP contribution in [0.1, 0.15) is 41.6 Å². The lowest BCUT2D eigenvalue weighted by Crippen LogP contribution is -2.30. The van der Waals surface area contributed by atoms with Gasteiger partial charge in [0.1, 0.15) is 0 Å². The number of alkyl halides is 2. The zero-order chi connectivity index (χ0) is 20.9. The first-order chi connectivity index (χ1) is 14.4. The first-order valence-corrected chi connectivity index (χ1v) is 11.0. The van der Waals surface area contributed by atoms with Crippen LogP contribution in [-0.4, -0.2) is 33.5 Å². The van der Waals surface area contributed by atoms with Crippen molar-refractivity contribution in [2.75, 3.05) is 11.9 Å². The molecule has 0 saturated heterocycles. The van der Waals surface area contributed by atoms with Gasteiger partial charge in [-0.3, -0.25) is 0 Å². The lowest BCUT2D eigenvalue weighted by molar-refractivity contribution is -0.00832. The highest BCUT2D eigenvalue weighted by Crippen LogP contribution is 2.43. The molecule has 8 heteroatoms. The van der Waals surface area contributed by atoms with Crippen LogP contribution in [0.25, 0.3) is 15.8 Å². The topological polar surface area (TPSA) is 62.7 Å². The lowest BCUT2D eigenvalue weighted by atomic mass is 9.97. The minimum atomic E-state index is -2.71. The number of thiazole rings is 1. The molecule has 0 bridgehead atoms. The number of anilines is 1. The van der Waals surface area contributed by atoms with E-state index in [1.54, 1.807) is 17.5 Å². The summed E-state index contributed by atoms with van der Waals surface area (Å²) in [4.78, 5) is 13.5. The summed E-state index contributed by atoms with van der Waals surface area (Å²) in [5.41, 5.74) is 4.84. The van der Waals surface area contributed by atoms with Gasteiger partial charge in [-0.25, -0.2) is 23.7 Å². The van der Waals surface area contributed by atoms with Crippen molar-refractivity contribution in [1.29, 1.82) is 0 Å². The van der Waals surface area contributed by atoms with Gasteiger partial charge in [0.2, 0.25) is 5.95 Å². The first-order valence-electron chi connectivity index (χ1n) is 10.2. The third kappa shape index (κ3) is 3.81. The average molecular weight is 428 g/mol. The predicted molar refractivity (Wildman–Crippen MR) is 116 cm³/mol. The molecule has 2 aliphatic rings. The second-order valence-corrected chi connectivity index (χ2v) is 9.34. The summed E-state index contributed by atoms with van der Waals surface area (Å²) in [5.74, 6) is -2.97. The highest BCUT2D eigenvalue weighted by Gasteiger charge is 2.46. The van der Waals surface area contributed by atoms with Gasteiger partial charge in [0, 0.05) is 30.3 Å². The van der Waals surface area contributed by atoms with E-state index in [0.717, 1.165) is 37.6 Å². The molecule has 0 amide bonds. The predicted octanol–water partition coefficient (Wildman–Crippen LogP) is 4.78. The van der Waals surface area contributed by atoms with Crippen molar-refractivity contribution < 1.29 is 8.78 Å². The summed E-state index contributed by atoms with van der Waals surface area (Å²) in [6.07, 6.45) is 5.10. The number of aryl methyl sites for hydroxylation is 1. The quantitative estimate of drug-likeness (QED) is 0.614. The average Bonchev–Trinajstić information content (AvgIpc) is 3.52. The van der Waals surface area contributed by atoms with E-state index in [9.17, 15) is 8.78 Å². The normalized spacial score (nSPS) is 19.3. The minimum absolute atomic E-state index is 0.142. The zero-order valence-electron chi connectivity index (χ0n) is 16.9. The van der Waals surface area contributed by atoms with Crippen LogP contribution in [0.3, 0.4) is 0 Å². The van der Waals surface area contributed by atoms with Gasteiger partial charge in [-0.2, -0.15) is 0 Å². The Morgan fingerprint density at radius 1 is 1.27 bits per heavy atom. The Kier molecular flexibility index (Phi) is 4.78. The summed E-state index contributed by atoms with van der Waals surface area (Å²) >= 11 is 1.67. The maximum atomic E-state index is 14.0. The molecule has 0 radical (unpaired) electrons. The molecule has 5 rings (SSSR count). The van der Waals surface area contributed by atoms with Crippen LogP contribution in [0.5, 0.6) is 0 Å². The number of nitrogens with one attached hydrogen (secondary N) is 2. The first kappa shape index (κ1) is 19.5. The number of halogens is 2. The summed E-state index contributed by atoms with van der Waals surface area (Å²) in [6, 6.07) is 6.39. The molecule has 3 heterocycles. The molecule has 3 aromatic rings. The third-order valence-electron chi connectivity index (χ3n) is 5.63. The number of fused-ring (bicyclic) bond motifs is 2. The van der Waals surface area contributed by atoms with Gasteiger partial charge in [-0.05, 0) is 50.0 Å². The van der Waals surface area contributed by atoms with Gasteiger partial charge in [0.25, 0.3) is 5.92 Å². The van der Waals surface area contributed by atoms with E-state index in [0.29, 0.717) is 19.4 Å². The molecule has 0 spiro atoms. The zero-order valence-corrected chi connectivity index (χ0v) is 17.7. The standard InChI is InChI=1S/C22H23F2N5S/c1-12-7-16(14-3-6-18-20(8-14)30-13(2)28-18)17-9-26-21(29-19(17)10-25-12)27-11-22(23,24)15-4-5-15/h3,6-9,12,15,25H,4-5,10-11H2,1-2H3,(H,26,27,29)/t12-/m1/s1. The van der Waals surface area contributed by atoms with E-state index in [1.807, 2.05) is 13.0 Å². The highest BCUT2D eigenvalue weighted by molar-refractivity contribution is 7.18. The number of hydrogen-bond donors (Lipinski definition) is 2. The van der Waals surface area contributed by atoms with Gasteiger partial charge in [-0.15, -0.1) is 11.3 Å². The molecule has 1 atom stereocenters. The third-order valence-corrected chi connectivity index (χ3v) is 6.56. The van der Waals surface area contributed by atoms with Crippen molar-refractivity contribution in [3.8, 4) is 0 Å². The van der Waals surface area contributed by atoms with Crippen molar-refractivity contribution >= 4 is 33.1 Å². The smallest absolute Gasteiger partial charge is 0.267 e. The van der Waals surface area contributed by atoms with E-state index >= 15 is 0 Å². The Bertz CT molecular complexity index is 1140. The van der Waals surface area contributed by atoms with Gasteiger partial charge >= 0.3 is 0 Å². The summed E-state index contributed by atoms with van der Waals surface area (Å²) in [6.45, 7) is 4.22. The molecule has 2 aromatic heterocycles. The van der Waals surface area contributed by atoms with Crippen molar-refractivity contribution in [1.82, 2.24) is 20.3 Å². The monoisotopic (exact) mass is 427 g/mol. The van der Waals surface area contributed by atoms with Crippen LogP contribution in [0.2, 0.25) is 0 Å². The van der Waals surface area contributed by atoms with Crippen LogP contribution in [0, 0.1) is 12.8 Å². The number of hydrogen-bond acceptors (Lipinski definition) is 6. The Labute approximate surface area is 177 Å². The fourth-order valence-corrected chi connectivity index (χ4v) is 4.69. The minimum Gasteiger partial charge on any atom is -0.348 e. The van der Waals surface area contributed by atoms with E-state index in [-0.39, 0.29) is 12.0 Å². The molecule has 1 aromatic carbocycles. The lowest BCUT2D eigenvalue weighted by Gasteiger charge is -2.17. The molecule has 2 N–H and O–H groups in total. The Balaban J connectivity index is 1.47. The van der Waals surface area contributed by atoms with Crippen LogP contribution < -0.4 is 10.6 Å². The Morgan fingerprint density at radius 3 is 2.90 bits per heavy atom. The highest BCUT2D eigenvalue weighted by atomic mass is 32.1. The van der Waals surface area contributed by atoms with Crippen LogP contribution in [-0.2, 0) is 6.54 Å². The molecule has 1 aliphatic heterocycles. The molecular weight excluding hydrogens is 404 g/mol. The maximum Gasteiger partial charge on any atom is 0.267 e. The fraction of sp³-hybridized carbons (Fsp3) is 0.409. The summed E-state index contributed by atoms with van der Waals surface area (Å²) in [7, 11) is 0. The largest absolute Gasteiger partial charge is 0.348 e. The van der Waals surface area contributed by atoms with E-state index in [1.165, 1.54) is 0 Å². The van der Waals surface area contributed by atoms with Gasteiger partial charge in [0.15, 0.2) is 0 Å². The molecule has 5 nitrogen and oxygen atoms in total. The molecule has 156 valence electrons. The van der Waals surface area contributed by atoms with E-state index in [2.05, 4.69) is 50.7 Å². The second kappa shape index (κ2) is 7.35. The molecular formula is C22H23F2N5S. The van der Waals surface area contributed by atoms with Crippen LogP contribution in [0.4, 0.5) is 14.7 Å². The molecule has 1 aliphatic carbocycles. The van der Waals surface area contributed by atoms with Crippen LogP contribution >= 0.6 is 11.3 Å². The van der Waals surface area contributed by atoms with Crippen molar-refractivity contribution in [3.63, 3.8) is 0 Å². The number of rotatable bonds is 5. The molecule has 1 fully saturated rings. The van der Waals surface area contributed by atoms with Crippen molar-refractivity contribution in [2.45, 2.75) is 45.2 Å². The Hall–Kier alpha value is -2.45. The second-order valence-electron chi connectivity index (χ2n) is 8.11. The van der Waals surface area contributed by atoms with Crippen LogP contribution in [0.15, 0.2) is 30.5 Å². The van der Waals surface area contributed by atoms with Gasteiger partial charge < -0.3 is 10.6 Å². The van der Waals surface area contributed by atoms with E-state index in [4.69, 9.17) is 0 Å². The van der Waals surface area contributed by atoms with Crippen molar-refractivity contribution in [2.24, 2.45) is 5.92 Å². The molecule has 0 unspecified atom stereocenters. The van der Waals surface area contributed by atoms with Crippen molar-refractivity contribution in [3.05, 3.63) is 52.3 Å². The molecule has 30 heavy (non-hydrogen) atoms.